The van der Waals surface area contributed by atoms with Crippen LogP contribution in [0.2, 0.25) is 0 Å². The molecule has 0 bridgehead atoms. The number of nitrogens with zero attached hydrogens (tertiary/aromatic N) is 1. The fourth-order valence-electron chi connectivity index (χ4n) is 3.62. The average Bonchev–Trinajstić information content (AvgIpc) is 2.91. The van der Waals surface area contributed by atoms with E-state index in [0.29, 0.717) is 24.3 Å². The molecule has 1 aromatic heterocycles. The highest BCUT2D eigenvalue weighted by atomic mass is 19.1. The van der Waals surface area contributed by atoms with Crippen molar-refractivity contribution >= 4 is 5.97 Å². The van der Waals surface area contributed by atoms with Gasteiger partial charge in [0.2, 0.25) is 0 Å². The molecule has 2 N–H and O–H groups in total. The maximum Gasteiger partial charge on any atom is 0.337 e. The SMILES string of the molecule is Cc1c(CNC(C)c2ccccc2)c(C(=O)O)c(C)n1Cc1cccc(F)c1. The Morgan fingerprint density at radius 1 is 1.11 bits per heavy atom. The van der Waals surface area contributed by atoms with Crippen molar-refractivity contribution < 1.29 is 14.3 Å². The van der Waals surface area contributed by atoms with Crippen molar-refractivity contribution in [2.24, 2.45) is 0 Å². The molecule has 0 aliphatic carbocycles. The number of rotatable bonds is 7. The zero-order chi connectivity index (χ0) is 20.3. The van der Waals surface area contributed by atoms with Gasteiger partial charge >= 0.3 is 5.97 Å². The van der Waals surface area contributed by atoms with Gasteiger partial charge in [0, 0.05) is 36.1 Å². The molecule has 4 nitrogen and oxygen atoms in total. The first-order valence-corrected chi connectivity index (χ1v) is 9.33. The molecule has 0 saturated heterocycles. The average molecular weight is 380 g/mol. The van der Waals surface area contributed by atoms with Crippen LogP contribution in [-0.2, 0) is 13.1 Å². The molecule has 1 unspecified atom stereocenters. The van der Waals surface area contributed by atoms with Gasteiger partial charge < -0.3 is 15.0 Å². The standard InChI is InChI=1S/C23H25FN2O2/c1-15(19-9-5-4-6-10-19)25-13-21-16(2)26(17(3)22(21)23(27)28)14-18-8-7-11-20(24)12-18/h4-12,15,25H,13-14H2,1-3H3,(H,27,28). The minimum absolute atomic E-state index is 0.0918. The number of carboxylic acid groups (broad SMARTS) is 1. The lowest BCUT2D eigenvalue weighted by atomic mass is 10.1. The van der Waals surface area contributed by atoms with Gasteiger partial charge in [-0.1, -0.05) is 42.5 Å². The van der Waals surface area contributed by atoms with E-state index in [1.165, 1.54) is 12.1 Å². The zero-order valence-corrected chi connectivity index (χ0v) is 16.4. The predicted molar refractivity (Wildman–Crippen MR) is 108 cm³/mol. The van der Waals surface area contributed by atoms with Crippen LogP contribution in [0.4, 0.5) is 4.39 Å². The number of aromatic carboxylic acids is 1. The summed E-state index contributed by atoms with van der Waals surface area (Å²) in [5, 5.41) is 13.2. The molecule has 3 aromatic rings. The van der Waals surface area contributed by atoms with Crippen molar-refractivity contribution in [2.45, 2.75) is 39.9 Å². The number of carboxylic acids is 1. The minimum Gasteiger partial charge on any atom is -0.478 e. The molecule has 0 saturated carbocycles. The third-order valence-corrected chi connectivity index (χ3v) is 5.24. The van der Waals surface area contributed by atoms with Gasteiger partial charge in [-0.3, -0.25) is 0 Å². The third kappa shape index (κ3) is 4.15. The van der Waals surface area contributed by atoms with Gasteiger partial charge in [0.15, 0.2) is 0 Å². The summed E-state index contributed by atoms with van der Waals surface area (Å²) in [4.78, 5) is 11.9. The maximum atomic E-state index is 13.5. The fourth-order valence-corrected chi connectivity index (χ4v) is 3.62. The van der Waals surface area contributed by atoms with Gasteiger partial charge in [-0.25, -0.2) is 9.18 Å². The summed E-state index contributed by atoms with van der Waals surface area (Å²) in [6, 6.07) is 16.5. The molecule has 0 spiro atoms. The lowest BCUT2D eigenvalue weighted by molar-refractivity contribution is 0.0694. The van der Waals surface area contributed by atoms with Crippen LogP contribution in [0.25, 0.3) is 0 Å². The number of hydrogen-bond acceptors (Lipinski definition) is 2. The van der Waals surface area contributed by atoms with E-state index in [1.54, 1.807) is 13.0 Å². The molecule has 0 fully saturated rings. The van der Waals surface area contributed by atoms with Crippen LogP contribution in [0.1, 0.15) is 51.4 Å². The Hall–Kier alpha value is -2.92. The Labute approximate surface area is 164 Å². The van der Waals surface area contributed by atoms with E-state index >= 15 is 0 Å². The second-order valence-corrected chi connectivity index (χ2v) is 7.06. The molecule has 1 heterocycles. The second kappa shape index (κ2) is 8.40. The van der Waals surface area contributed by atoms with Crippen molar-refractivity contribution in [2.75, 3.05) is 0 Å². The Kier molecular flexibility index (Phi) is 5.95. The lowest BCUT2D eigenvalue weighted by Crippen LogP contribution is -2.19. The smallest absolute Gasteiger partial charge is 0.337 e. The molecule has 3 rings (SSSR count). The van der Waals surface area contributed by atoms with Crippen molar-refractivity contribution in [3.8, 4) is 0 Å². The quantitative estimate of drug-likeness (QED) is 0.617. The zero-order valence-electron chi connectivity index (χ0n) is 16.4. The van der Waals surface area contributed by atoms with Crippen LogP contribution in [0.15, 0.2) is 54.6 Å². The topological polar surface area (TPSA) is 54.3 Å². The van der Waals surface area contributed by atoms with Gasteiger partial charge in [-0.05, 0) is 44.0 Å². The number of hydrogen-bond donors (Lipinski definition) is 2. The highest BCUT2D eigenvalue weighted by molar-refractivity contribution is 5.91. The monoisotopic (exact) mass is 380 g/mol. The number of aromatic nitrogens is 1. The Morgan fingerprint density at radius 3 is 2.46 bits per heavy atom. The predicted octanol–water partition coefficient (Wildman–Crippen LogP) is 4.84. The van der Waals surface area contributed by atoms with E-state index in [0.717, 1.165) is 22.4 Å². The number of halogens is 1. The highest BCUT2D eigenvalue weighted by Crippen LogP contribution is 2.25. The van der Waals surface area contributed by atoms with Crippen LogP contribution in [-0.4, -0.2) is 15.6 Å². The van der Waals surface area contributed by atoms with Gasteiger partial charge in [-0.15, -0.1) is 0 Å². The first-order valence-electron chi connectivity index (χ1n) is 9.33. The highest BCUT2D eigenvalue weighted by Gasteiger charge is 2.23. The van der Waals surface area contributed by atoms with Gasteiger partial charge in [0.25, 0.3) is 0 Å². The molecule has 5 heteroatoms. The van der Waals surface area contributed by atoms with E-state index in [-0.39, 0.29) is 11.9 Å². The molecular weight excluding hydrogens is 355 g/mol. The fraction of sp³-hybridized carbons (Fsp3) is 0.261. The van der Waals surface area contributed by atoms with E-state index in [1.807, 2.05) is 47.9 Å². The molecule has 0 aliphatic rings. The molecule has 0 amide bonds. The summed E-state index contributed by atoms with van der Waals surface area (Å²) in [5.41, 5.74) is 4.60. The Bertz CT molecular complexity index is 980. The van der Waals surface area contributed by atoms with Crippen molar-refractivity contribution in [1.82, 2.24) is 9.88 Å². The van der Waals surface area contributed by atoms with E-state index in [2.05, 4.69) is 12.2 Å². The molecule has 0 aliphatic heterocycles. The van der Waals surface area contributed by atoms with Crippen molar-refractivity contribution in [1.29, 1.82) is 0 Å². The van der Waals surface area contributed by atoms with E-state index < -0.39 is 5.97 Å². The van der Waals surface area contributed by atoms with E-state index in [9.17, 15) is 14.3 Å². The minimum atomic E-state index is -0.942. The van der Waals surface area contributed by atoms with Crippen LogP contribution < -0.4 is 5.32 Å². The molecule has 2 aromatic carbocycles. The lowest BCUT2D eigenvalue weighted by Gasteiger charge is -2.15. The normalized spacial score (nSPS) is 12.1. The summed E-state index contributed by atoms with van der Waals surface area (Å²) in [7, 11) is 0. The van der Waals surface area contributed by atoms with Crippen LogP contribution in [0.5, 0.6) is 0 Å². The maximum absolute atomic E-state index is 13.5. The largest absolute Gasteiger partial charge is 0.478 e. The van der Waals surface area contributed by atoms with Gasteiger partial charge in [-0.2, -0.15) is 0 Å². The van der Waals surface area contributed by atoms with Crippen LogP contribution in [0, 0.1) is 19.7 Å². The van der Waals surface area contributed by atoms with Crippen LogP contribution >= 0.6 is 0 Å². The van der Waals surface area contributed by atoms with Crippen molar-refractivity contribution in [3.05, 3.63) is 94.1 Å². The number of carbonyl (C=O) groups is 1. The first-order chi connectivity index (χ1) is 13.4. The summed E-state index contributed by atoms with van der Waals surface area (Å²) < 4.78 is 15.5. The number of benzene rings is 2. The summed E-state index contributed by atoms with van der Waals surface area (Å²) in [5.74, 6) is -1.24. The Balaban J connectivity index is 1.89. The molecule has 28 heavy (non-hydrogen) atoms. The molecular formula is C23H25FN2O2. The van der Waals surface area contributed by atoms with Gasteiger partial charge in [0.05, 0.1) is 5.56 Å². The second-order valence-electron chi connectivity index (χ2n) is 7.06. The molecule has 0 radical (unpaired) electrons. The number of nitrogens with one attached hydrogen (secondary N) is 1. The van der Waals surface area contributed by atoms with Crippen LogP contribution in [0.3, 0.4) is 0 Å². The summed E-state index contributed by atoms with van der Waals surface area (Å²) in [6.45, 7) is 6.66. The Morgan fingerprint density at radius 2 is 1.82 bits per heavy atom. The summed E-state index contributed by atoms with van der Waals surface area (Å²) in [6.07, 6.45) is 0. The van der Waals surface area contributed by atoms with Crippen molar-refractivity contribution in [3.63, 3.8) is 0 Å². The molecule has 1 atom stereocenters. The summed E-state index contributed by atoms with van der Waals surface area (Å²) >= 11 is 0. The first kappa shape index (κ1) is 19.8. The van der Waals surface area contributed by atoms with E-state index in [4.69, 9.17) is 0 Å². The third-order valence-electron chi connectivity index (χ3n) is 5.24. The molecule has 146 valence electrons. The van der Waals surface area contributed by atoms with Gasteiger partial charge in [0.1, 0.15) is 5.82 Å².